The Morgan fingerprint density at radius 1 is 1.00 bits per heavy atom. The smallest absolute Gasteiger partial charge is 0.0575 e. The molecule has 78 valence electrons. The van der Waals surface area contributed by atoms with Crippen LogP contribution in [0.1, 0.15) is 64.7 Å². The normalized spacial score (nSPS) is 21.0. The van der Waals surface area contributed by atoms with Gasteiger partial charge in [0.2, 0.25) is 0 Å². The highest BCUT2D eigenvalue weighted by molar-refractivity contribution is 4.62. The molecule has 0 saturated heterocycles. The lowest BCUT2D eigenvalue weighted by molar-refractivity contribution is 0.0339. The van der Waals surface area contributed by atoms with Crippen LogP contribution in [-0.2, 0) is 4.74 Å². The highest BCUT2D eigenvalue weighted by Crippen LogP contribution is 2.19. The van der Waals surface area contributed by atoms with Gasteiger partial charge in [-0.25, -0.2) is 0 Å². The molecule has 0 aromatic heterocycles. The number of hydrogen-bond acceptors (Lipinski definition) is 1. The van der Waals surface area contributed by atoms with Crippen LogP contribution in [0.4, 0.5) is 0 Å². The van der Waals surface area contributed by atoms with Gasteiger partial charge in [0, 0.05) is 6.61 Å². The van der Waals surface area contributed by atoms with Crippen LogP contribution in [-0.4, -0.2) is 12.7 Å². The first-order chi connectivity index (χ1) is 6.43. The monoisotopic (exact) mass is 184 g/mol. The molecule has 1 heteroatoms. The molecular weight excluding hydrogens is 160 g/mol. The molecule has 0 N–H and O–H groups in total. The zero-order valence-corrected chi connectivity index (χ0v) is 9.06. The van der Waals surface area contributed by atoms with Gasteiger partial charge in [-0.05, 0) is 19.3 Å². The van der Waals surface area contributed by atoms with E-state index >= 15 is 0 Å². The summed E-state index contributed by atoms with van der Waals surface area (Å²) < 4.78 is 5.86. The van der Waals surface area contributed by atoms with Crippen molar-refractivity contribution in [3.05, 3.63) is 0 Å². The summed E-state index contributed by atoms with van der Waals surface area (Å²) in [5.74, 6) is 0. The van der Waals surface area contributed by atoms with Crippen LogP contribution in [0.5, 0.6) is 0 Å². The lowest BCUT2D eigenvalue weighted by Gasteiger charge is -2.20. The lowest BCUT2D eigenvalue weighted by Crippen LogP contribution is -2.15. The van der Waals surface area contributed by atoms with Gasteiger partial charge >= 0.3 is 0 Å². The summed E-state index contributed by atoms with van der Waals surface area (Å²) in [4.78, 5) is 0. The topological polar surface area (TPSA) is 9.23 Å². The van der Waals surface area contributed by atoms with E-state index in [9.17, 15) is 0 Å². The maximum absolute atomic E-state index is 5.86. The Hall–Kier alpha value is -0.0400. The predicted octanol–water partition coefficient (Wildman–Crippen LogP) is 3.92. The Labute approximate surface area is 82.9 Å². The highest BCUT2D eigenvalue weighted by atomic mass is 16.5. The van der Waals surface area contributed by atoms with Gasteiger partial charge in [-0.1, -0.05) is 45.4 Å². The predicted molar refractivity (Wildman–Crippen MR) is 57.0 cm³/mol. The van der Waals surface area contributed by atoms with Crippen molar-refractivity contribution in [1.29, 1.82) is 0 Å². The van der Waals surface area contributed by atoms with Crippen LogP contribution in [0.25, 0.3) is 0 Å². The molecule has 0 unspecified atom stereocenters. The summed E-state index contributed by atoms with van der Waals surface area (Å²) in [6.45, 7) is 3.21. The van der Waals surface area contributed by atoms with Gasteiger partial charge in [0.15, 0.2) is 0 Å². The van der Waals surface area contributed by atoms with Crippen LogP contribution < -0.4 is 0 Å². The first-order valence-corrected chi connectivity index (χ1v) is 6.05. The molecule has 1 aliphatic rings. The van der Waals surface area contributed by atoms with E-state index in [0.29, 0.717) is 6.10 Å². The SMILES string of the molecule is CCCCOC1CCCCCCC1. The van der Waals surface area contributed by atoms with Crippen LogP contribution in [0.2, 0.25) is 0 Å². The molecule has 0 heterocycles. The maximum Gasteiger partial charge on any atom is 0.0575 e. The van der Waals surface area contributed by atoms with Crippen LogP contribution in [0.3, 0.4) is 0 Å². The highest BCUT2D eigenvalue weighted by Gasteiger charge is 2.10. The Bertz CT molecular complexity index is 104. The first-order valence-electron chi connectivity index (χ1n) is 6.05. The summed E-state index contributed by atoms with van der Waals surface area (Å²) in [5.41, 5.74) is 0. The number of unbranched alkanes of at least 4 members (excludes halogenated alkanes) is 1. The summed E-state index contributed by atoms with van der Waals surface area (Å²) in [5, 5.41) is 0. The van der Waals surface area contributed by atoms with Crippen molar-refractivity contribution in [2.45, 2.75) is 70.8 Å². The molecule has 1 nitrogen and oxygen atoms in total. The van der Waals surface area contributed by atoms with Crippen molar-refractivity contribution in [3.8, 4) is 0 Å². The minimum absolute atomic E-state index is 0.590. The van der Waals surface area contributed by atoms with Crippen molar-refractivity contribution >= 4 is 0 Å². The van der Waals surface area contributed by atoms with E-state index in [1.807, 2.05) is 0 Å². The molecule has 1 aliphatic carbocycles. The molecule has 0 radical (unpaired) electrons. The van der Waals surface area contributed by atoms with Gasteiger partial charge in [-0.2, -0.15) is 0 Å². The first kappa shape index (κ1) is 11.0. The second-order valence-electron chi connectivity index (χ2n) is 4.19. The fourth-order valence-corrected chi connectivity index (χ4v) is 1.98. The average molecular weight is 184 g/mol. The Kier molecular flexibility index (Phi) is 6.26. The fourth-order valence-electron chi connectivity index (χ4n) is 1.98. The largest absolute Gasteiger partial charge is 0.378 e. The average Bonchev–Trinajstić information content (AvgIpc) is 2.08. The number of ether oxygens (including phenoxy) is 1. The molecule has 0 amide bonds. The summed E-state index contributed by atoms with van der Waals surface area (Å²) in [7, 11) is 0. The van der Waals surface area contributed by atoms with Crippen LogP contribution in [0.15, 0.2) is 0 Å². The molecule has 1 fully saturated rings. The Balaban J connectivity index is 2.06. The Morgan fingerprint density at radius 3 is 2.23 bits per heavy atom. The van der Waals surface area contributed by atoms with Crippen LogP contribution in [0, 0.1) is 0 Å². The van der Waals surface area contributed by atoms with Crippen molar-refractivity contribution in [2.75, 3.05) is 6.61 Å². The van der Waals surface area contributed by atoms with E-state index in [0.717, 1.165) is 6.61 Å². The summed E-state index contributed by atoms with van der Waals surface area (Å²) in [6, 6.07) is 0. The number of hydrogen-bond donors (Lipinski definition) is 0. The standard InChI is InChI=1S/C12H24O/c1-2-3-11-13-12-9-7-5-4-6-8-10-12/h12H,2-11H2,1H3. The van der Waals surface area contributed by atoms with Gasteiger partial charge in [-0.15, -0.1) is 0 Å². The fraction of sp³-hybridized carbons (Fsp3) is 1.00. The molecule has 1 saturated carbocycles. The van der Waals surface area contributed by atoms with E-state index in [4.69, 9.17) is 4.74 Å². The number of rotatable bonds is 4. The zero-order valence-electron chi connectivity index (χ0n) is 9.06. The third kappa shape index (κ3) is 5.30. The molecule has 0 bridgehead atoms. The second-order valence-corrected chi connectivity index (χ2v) is 4.19. The van der Waals surface area contributed by atoms with Gasteiger partial charge in [0.25, 0.3) is 0 Å². The second kappa shape index (κ2) is 7.37. The molecule has 0 aliphatic heterocycles. The summed E-state index contributed by atoms with van der Waals surface area (Å²) >= 11 is 0. The quantitative estimate of drug-likeness (QED) is 0.602. The van der Waals surface area contributed by atoms with Crippen molar-refractivity contribution in [3.63, 3.8) is 0 Å². The van der Waals surface area contributed by atoms with Gasteiger partial charge < -0.3 is 4.74 Å². The Morgan fingerprint density at radius 2 is 1.62 bits per heavy atom. The lowest BCUT2D eigenvalue weighted by atomic mass is 9.98. The molecular formula is C12H24O. The van der Waals surface area contributed by atoms with Crippen LogP contribution >= 0.6 is 0 Å². The van der Waals surface area contributed by atoms with Crippen molar-refractivity contribution in [1.82, 2.24) is 0 Å². The van der Waals surface area contributed by atoms with E-state index in [1.165, 1.54) is 57.8 Å². The minimum Gasteiger partial charge on any atom is -0.378 e. The molecule has 13 heavy (non-hydrogen) atoms. The van der Waals surface area contributed by atoms with Crippen molar-refractivity contribution in [2.24, 2.45) is 0 Å². The van der Waals surface area contributed by atoms with E-state index in [1.54, 1.807) is 0 Å². The van der Waals surface area contributed by atoms with Gasteiger partial charge in [-0.3, -0.25) is 0 Å². The van der Waals surface area contributed by atoms with E-state index < -0.39 is 0 Å². The zero-order chi connectivity index (χ0) is 9.36. The molecule has 0 atom stereocenters. The van der Waals surface area contributed by atoms with E-state index in [2.05, 4.69) is 6.92 Å². The van der Waals surface area contributed by atoms with Gasteiger partial charge in [0.05, 0.1) is 6.10 Å². The summed E-state index contributed by atoms with van der Waals surface area (Å²) in [6.07, 6.45) is 12.8. The molecule has 1 rings (SSSR count). The molecule has 0 aromatic carbocycles. The third-order valence-electron chi connectivity index (χ3n) is 2.90. The van der Waals surface area contributed by atoms with Gasteiger partial charge in [0.1, 0.15) is 0 Å². The molecule has 0 aromatic rings. The third-order valence-corrected chi connectivity index (χ3v) is 2.90. The van der Waals surface area contributed by atoms with Crippen molar-refractivity contribution < 1.29 is 4.74 Å². The minimum atomic E-state index is 0.590. The maximum atomic E-state index is 5.86. The van der Waals surface area contributed by atoms with E-state index in [-0.39, 0.29) is 0 Å². The molecule has 0 spiro atoms.